The molecule has 1 N–H and O–H groups in total. The molecular weight excluding hydrogens is 226 g/mol. The molecule has 0 aromatic rings. The number of hydrogen-bond donors (Lipinski definition) is 1. The van der Waals surface area contributed by atoms with Crippen molar-refractivity contribution in [3.63, 3.8) is 0 Å². The van der Waals surface area contributed by atoms with E-state index in [0.717, 1.165) is 19.6 Å². The summed E-state index contributed by atoms with van der Waals surface area (Å²) in [6.07, 6.45) is 3.76. The standard InChI is InChI=1S/C14H27N3O/c1-14(2,3)12-10-17(13(18)16(12)4)9-11-7-5-6-8-15-11/h11-12,15H,5-10H2,1-4H3. The third-order valence-electron chi connectivity index (χ3n) is 4.29. The van der Waals surface area contributed by atoms with Gasteiger partial charge in [-0.25, -0.2) is 4.79 Å². The number of piperidine rings is 1. The summed E-state index contributed by atoms with van der Waals surface area (Å²) in [4.78, 5) is 16.2. The zero-order valence-electron chi connectivity index (χ0n) is 12.2. The number of likely N-dealkylation sites (N-methyl/N-ethyl adjacent to an activating group) is 1. The lowest BCUT2D eigenvalue weighted by atomic mass is 9.86. The molecule has 4 nitrogen and oxygen atoms in total. The van der Waals surface area contributed by atoms with E-state index >= 15 is 0 Å². The van der Waals surface area contributed by atoms with Crippen molar-refractivity contribution in [2.45, 2.75) is 52.1 Å². The van der Waals surface area contributed by atoms with Crippen molar-refractivity contribution in [3.8, 4) is 0 Å². The average Bonchev–Trinajstić information content (AvgIpc) is 2.58. The van der Waals surface area contributed by atoms with E-state index in [9.17, 15) is 4.79 Å². The van der Waals surface area contributed by atoms with Crippen molar-refractivity contribution in [1.82, 2.24) is 15.1 Å². The van der Waals surface area contributed by atoms with Gasteiger partial charge in [-0.15, -0.1) is 0 Å². The molecule has 0 aromatic heterocycles. The van der Waals surface area contributed by atoms with Crippen LogP contribution in [-0.4, -0.2) is 54.6 Å². The lowest BCUT2D eigenvalue weighted by Gasteiger charge is -2.31. The van der Waals surface area contributed by atoms with Crippen LogP contribution in [0, 0.1) is 5.41 Å². The number of carbonyl (C=O) groups excluding carboxylic acids is 1. The highest BCUT2D eigenvalue weighted by molar-refractivity contribution is 5.77. The van der Waals surface area contributed by atoms with Crippen LogP contribution in [0.25, 0.3) is 0 Å². The van der Waals surface area contributed by atoms with Crippen molar-refractivity contribution in [2.24, 2.45) is 5.41 Å². The molecule has 0 aliphatic carbocycles. The molecule has 0 saturated carbocycles. The summed E-state index contributed by atoms with van der Waals surface area (Å²) in [5.41, 5.74) is 0.152. The Kier molecular flexibility index (Phi) is 3.85. The fraction of sp³-hybridized carbons (Fsp3) is 0.929. The van der Waals surface area contributed by atoms with Gasteiger partial charge in [-0.1, -0.05) is 27.2 Å². The number of urea groups is 1. The first-order valence-electron chi connectivity index (χ1n) is 7.14. The Morgan fingerprint density at radius 3 is 2.56 bits per heavy atom. The molecule has 0 spiro atoms. The van der Waals surface area contributed by atoms with Crippen molar-refractivity contribution in [1.29, 1.82) is 0 Å². The van der Waals surface area contributed by atoms with Crippen molar-refractivity contribution in [2.75, 3.05) is 26.7 Å². The Balaban J connectivity index is 1.96. The summed E-state index contributed by atoms with van der Waals surface area (Å²) in [7, 11) is 1.94. The van der Waals surface area contributed by atoms with E-state index in [0.29, 0.717) is 12.1 Å². The quantitative estimate of drug-likeness (QED) is 0.816. The summed E-state index contributed by atoms with van der Waals surface area (Å²) in [6.45, 7) is 9.48. The topological polar surface area (TPSA) is 35.6 Å². The maximum Gasteiger partial charge on any atom is 0.320 e. The number of hydrogen-bond acceptors (Lipinski definition) is 2. The molecule has 2 unspecified atom stereocenters. The second-order valence-corrected chi connectivity index (χ2v) is 6.83. The van der Waals surface area contributed by atoms with E-state index in [1.165, 1.54) is 19.3 Å². The minimum absolute atomic E-state index is 0.152. The fourth-order valence-electron chi connectivity index (χ4n) is 3.12. The van der Waals surface area contributed by atoms with Crippen LogP contribution in [0.1, 0.15) is 40.0 Å². The minimum atomic E-state index is 0.152. The highest BCUT2D eigenvalue weighted by Gasteiger charge is 2.41. The lowest BCUT2D eigenvalue weighted by Crippen LogP contribution is -2.44. The molecule has 2 saturated heterocycles. The third-order valence-corrected chi connectivity index (χ3v) is 4.29. The highest BCUT2D eigenvalue weighted by Crippen LogP contribution is 2.29. The Bertz CT molecular complexity index is 305. The predicted molar refractivity (Wildman–Crippen MR) is 73.6 cm³/mol. The zero-order chi connectivity index (χ0) is 13.3. The smallest absolute Gasteiger partial charge is 0.320 e. The van der Waals surface area contributed by atoms with Crippen LogP contribution in [0.3, 0.4) is 0 Å². The molecule has 104 valence electrons. The van der Waals surface area contributed by atoms with Gasteiger partial charge in [-0.3, -0.25) is 0 Å². The number of carbonyl (C=O) groups is 1. The maximum absolute atomic E-state index is 12.3. The molecule has 2 heterocycles. The molecule has 2 aliphatic heterocycles. The Hall–Kier alpha value is -0.770. The normalized spacial score (nSPS) is 30.1. The summed E-state index contributed by atoms with van der Waals surface area (Å²) in [5.74, 6) is 0. The van der Waals surface area contributed by atoms with Crippen molar-refractivity contribution < 1.29 is 4.79 Å². The van der Waals surface area contributed by atoms with Crippen LogP contribution in [0.15, 0.2) is 0 Å². The molecule has 2 fully saturated rings. The van der Waals surface area contributed by atoms with Gasteiger partial charge in [0.25, 0.3) is 0 Å². The molecule has 2 amide bonds. The number of amides is 2. The minimum Gasteiger partial charge on any atom is -0.322 e. The maximum atomic E-state index is 12.3. The van der Waals surface area contributed by atoms with Crippen LogP contribution in [0.2, 0.25) is 0 Å². The molecule has 2 atom stereocenters. The van der Waals surface area contributed by atoms with E-state index in [1.807, 2.05) is 16.8 Å². The first-order valence-corrected chi connectivity index (χ1v) is 7.14. The van der Waals surface area contributed by atoms with Crippen LogP contribution >= 0.6 is 0 Å². The second kappa shape index (κ2) is 5.08. The molecule has 18 heavy (non-hydrogen) atoms. The van der Waals surface area contributed by atoms with Gasteiger partial charge in [0.05, 0.1) is 6.04 Å². The van der Waals surface area contributed by atoms with Gasteiger partial charge >= 0.3 is 6.03 Å². The molecule has 0 aromatic carbocycles. The lowest BCUT2D eigenvalue weighted by molar-refractivity contribution is 0.172. The second-order valence-electron chi connectivity index (χ2n) is 6.83. The average molecular weight is 253 g/mol. The fourth-order valence-corrected chi connectivity index (χ4v) is 3.12. The van der Waals surface area contributed by atoms with Gasteiger partial charge in [0.2, 0.25) is 0 Å². The SMILES string of the molecule is CN1C(=O)N(CC2CCCCN2)CC1C(C)(C)C. The van der Waals surface area contributed by atoms with Gasteiger partial charge in [-0.2, -0.15) is 0 Å². The van der Waals surface area contributed by atoms with Crippen molar-refractivity contribution >= 4 is 6.03 Å². The Morgan fingerprint density at radius 2 is 2.06 bits per heavy atom. The monoisotopic (exact) mass is 253 g/mol. The molecule has 0 bridgehead atoms. The van der Waals surface area contributed by atoms with Gasteiger partial charge in [-0.05, 0) is 24.8 Å². The van der Waals surface area contributed by atoms with Crippen LogP contribution in [-0.2, 0) is 0 Å². The molecule has 0 radical (unpaired) electrons. The van der Waals surface area contributed by atoms with E-state index in [1.54, 1.807) is 0 Å². The van der Waals surface area contributed by atoms with Gasteiger partial charge in [0.15, 0.2) is 0 Å². The first kappa shape index (κ1) is 13.7. The number of nitrogens with one attached hydrogen (secondary N) is 1. The largest absolute Gasteiger partial charge is 0.322 e. The van der Waals surface area contributed by atoms with E-state index < -0.39 is 0 Å². The van der Waals surface area contributed by atoms with Crippen LogP contribution in [0.4, 0.5) is 4.79 Å². The molecule has 2 aliphatic rings. The van der Waals surface area contributed by atoms with Gasteiger partial charge in [0.1, 0.15) is 0 Å². The predicted octanol–water partition coefficient (Wildman–Crippen LogP) is 1.91. The zero-order valence-corrected chi connectivity index (χ0v) is 12.2. The summed E-state index contributed by atoms with van der Waals surface area (Å²) >= 11 is 0. The van der Waals surface area contributed by atoms with E-state index in [-0.39, 0.29) is 11.4 Å². The first-order chi connectivity index (χ1) is 8.39. The number of rotatable bonds is 2. The third kappa shape index (κ3) is 2.79. The number of nitrogens with zero attached hydrogens (tertiary/aromatic N) is 2. The summed E-state index contributed by atoms with van der Waals surface area (Å²) in [6, 6.07) is 1.02. The summed E-state index contributed by atoms with van der Waals surface area (Å²) < 4.78 is 0. The van der Waals surface area contributed by atoms with Crippen LogP contribution < -0.4 is 5.32 Å². The van der Waals surface area contributed by atoms with Crippen LogP contribution in [0.5, 0.6) is 0 Å². The molecular formula is C14H27N3O. The summed E-state index contributed by atoms with van der Waals surface area (Å²) in [5, 5.41) is 3.52. The Morgan fingerprint density at radius 1 is 1.33 bits per heavy atom. The molecule has 4 heteroatoms. The Labute approximate surface area is 111 Å². The highest BCUT2D eigenvalue weighted by atomic mass is 16.2. The van der Waals surface area contributed by atoms with Gasteiger partial charge in [0, 0.05) is 26.2 Å². The molecule has 2 rings (SSSR count). The van der Waals surface area contributed by atoms with Crippen molar-refractivity contribution in [3.05, 3.63) is 0 Å². The van der Waals surface area contributed by atoms with E-state index in [2.05, 4.69) is 26.1 Å². The van der Waals surface area contributed by atoms with E-state index in [4.69, 9.17) is 0 Å². The van der Waals surface area contributed by atoms with Gasteiger partial charge < -0.3 is 15.1 Å².